The van der Waals surface area contributed by atoms with E-state index in [1.807, 2.05) is 0 Å². The van der Waals surface area contributed by atoms with E-state index in [0.717, 1.165) is 18.2 Å². The molecule has 3 N–H and O–H groups in total. The summed E-state index contributed by atoms with van der Waals surface area (Å²) in [4.78, 5) is 22.5. The summed E-state index contributed by atoms with van der Waals surface area (Å²) in [6.45, 7) is -2.11. The number of aliphatic carboxylic acids is 2. The van der Waals surface area contributed by atoms with E-state index in [4.69, 9.17) is 9.47 Å². The number of aromatic hydroxyl groups is 1. The zero-order valence-electron chi connectivity index (χ0n) is 20.6. The van der Waals surface area contributed by atoms with Crippen molar-refractivity contribution in [3.05, 3.63) is 66.7 Å². The third-order valence-electron chi connectivity index (χ3n) is 5.37. The second-order valence-corrected chi connectivity index (χ2v) is 11.6. The van der Waals surface area contributed by atoms with E-state index in [1.165, 1.54) is 62.8 Å². The van der Waals surface area contributed by atoms with Gasteiger partial charge in [-0.15, -0.1) is 0 Å². The molecule has 13 nitrogen and oxygen atoms in total. The van der Waals surface area contributed by atoms with Gasteiger partial charge in [0.25, 0.3) is 20.0 Å². The Labute approximate surface area is 224 Å². The maximum absolute atomic E-state index is 13.3. The van der Waals surface area contributed by atoms with Crippen LogP contribution in [0.3, 0.4) is 0 Å². The average molecular weight is 581 g/mol. The fourth-order valence-corrected chi connectivity index (χ4v) is 6.32. The van der Waals surface area contributed by atoms with Crippen LogP contribution in [0.4, 0.5) is 11.4 Å². The van der Waals surface area contributed by atoms with Gasteiger partial charge in [0.15, 0.2) is 0 Å². The van der Waals surface area contributed by atoms with Gasteiger partial charge in [-0.1, -0.05) is 0 Å². The molecule has 3 aromatic carbocycles. The van der Waals surface area contributed by atoms with E-state index in [2.05, 4.69) is 0 Å². The SMILES string of the molecule is COc1ccc(S(=O)(=O)N(CC(=O)O)c2ccc(N(CC(=O)O)S(=O)(=O)c3ccc(OC)cc3)c(O)c2)cc1. The van der Waals surface area contributed by atoms with Crippen LogP contribution < -0.4 is 18.1 Å². The maximum Gasteiger partial charge on any atom is 0.324 e. The van der Waals surface area contributed by atoms with E-state index < -0.39 is 56.5 Å². The molecule has 0 bridgehead atoms. The lowest BCUT2D eigenvalue weighted by Crippen LogP contribution is -2.37. The van der Waals surface area contributed by atoms with Crippen LogP contribution in [0.15, 0.2) is 76.5 Å². The molecule has 0 atom stereocenters. The number of benzene rings is 3. The summed E-state index contributed by atoms with van der Waals surface area (Å²) >= 11 is 0. The van der Waals surface area contributed by atoms with Crippen LogP contribution in [-0.4, -0.2) is 71.4 Å². The Hall–Kier alpha value is -4.50. The number of anilines is 2. The number of methoxy groups -OCH3 is 2. The predicted octanol–water partition coefficient (Wildman–Crippen LogP) is 1.97. The number of hydrogen-bond donors (Lipinski definition) is 3. The van der Waals surface area contributed by atoms with E-state index >= 15 is 0 Å². The number of sulfonamides is 2. The van der Waals surface area contributed by atoms with Crippen molar-refractivity contribution in [1.29, 1.82) is 0 Å². The van der Waals surface area contributed by atoms with Crippen molar-refractivity contribution in [2.75, 3.05) is 35.9 Å². The molecule has 0 aliphatic heterocycles. The Morgan fingerprint density at radius 1 is 0.692 bits per heavy atom. The average Bonchev–Trinajstić information content (AvgIpc) is 2.90. The van der Waals surface area contributed by atoms with Gasteiger partial charge in [-0.3, -0.25) is 18.2 Å². The van der Waals surface area contributed by atoms with Crippen molar-refractivity contribution in [3.8, 4) is 17.2 Å². The molecule has 0 aliphatic rings. The van der Waals surface area contributed by atoms with Crippen LogP contribution in [0.5, 0.6) is 17.2 Å². The topological polar surface area (TPSA) is 188 Å². The molecule has 15 heteroatoms. The summed E-state index contributed by atoms with van der Waals surface area (Å²) in [6.07, 6.45) is 0. The minimum Gasteiger partial charge on any atom is -0.506 e. The number of rotatable bonds is 12. The van der Waals surface area contributed by atoms with Crippen molar-refractivity contribution in [1.82, 2.24) is 0 Å². The lowest BCUT2D eigenvalue weighted by Gasteiger charge is -2.26. The standard InChI is InChI=1S/C24H24N2O11S2/c1-36-17-4-8-19(9-5-17)38(32,33)25(14-23(28)29)16-3-12-21(22(27)13-16)26(15-24(30)31)39(34,35)20-10-6-18(37-2)7-11-20/h3-13,27H,14-15H2,1-2H3,(H,28,29)(H,30,31). The Bertz CT molecular complexity index is 1570. The first-order valence-electron chi connectivity index (χ1n) is 10.9. The molecule has 39 heavy (non-hydrogen) atoms. The van der Waals surface area contributed by atoms with E-state index in [-0.39, 0.29) is 15.5 Å². The monoisotopic (exact) mass is 580 g/mol. The minimum atomic E-state index is -4.53. The number of carboxylic acid groups (broad SMARTS) is 2. The number of carbonyl (C=O) groups is 2. The number of ether oxygens (including phenoxy) is 2. The van der Waals surface area contributed by atoms with Crippen molar-refractivity contribution < 1.29 is 51.2 Å². The molecule has 0 aromatic heterocycles. The van der Waals surface area contributed by atoms with Crippen LogP contribution in [-0.2, 0) is 29.6 Å². The number of phenolic OH excluding ortho intramolecular Hbond substituents is 1. The Morgan fingerprint density at radius 3 is 1.49 bits per heavy atom. The summed E-state index contributed by atoms with van der Waals surface area (Å²) in [5.74, 6) is -3.15. The summed E-state index contributed by atoms with van der Waals surface area (Å²) in [6, 6.07) is 13.1. The first-order valence-corrected chi connectivity index (χ1v) is 13.8. The van der Waals surface area contributed by atoms with Gasteiger partial charge < -0.3 is 24.8 Å². The number of hydrogen-bond acceptors (Lipinski definition) is 9. The van der Waals surface area contributed by atoms with Gasteiger partial charge in [-0.25, -0.2) is 16.8 Å². The van der Waals surface area contributed by atoms with Gasteiger partial charge in [0.05, 0.1) is 35.4 Å². The highest BCUT2D eigenvalue weighted by molar-refractivity contribution is 7.93. The Morgan fingerprint density at radius 2 is 1.10 bits per heavy atom. The zero-order chi connectivity index (χ0) is 29.0. The molecule has 0 fully saturated rings. The zero-order valence-corrected chi connectivity index (χ0v) is 22.2. The quantitative estimate of drug-likeness (QED) is 0.284. The molecule has 3 aromatic rings. The lowest BCUT2D eigenvalue weighted by molar-refractivity contribution is -0.136. The highest BCUT2D eigenvalue weighted by atomic mass is 32.2. The van der Waals surface area contributed by atoms with Gasteiger partial charge in [0.1, 0.15) is 30.3 Å². The van der Waals surface area contributed by atoms with Crippen LogP contribution in [0.1, 0.15) is 0 Å². The van der Waals surface area contributed by atoms with Crippen molar-refractivity contribution >= 4 is 43.4 Å². The molecule has 3 rings (SSSR count). The highest BCUT2D eigenvalue weighted by Crippen LogP contribution is 2.36. The molecular formula is C24H24N2O11S2. The summed E-state index contributed by atoms with van der Waals surface area (Å²) in [5, 5.41) is 29.5. The molecule has 0 saturated carbocycles. The van der Waals surface area contributed by atoms with Gasteiger partial charge in [-0.2, -0.15) is 0 Å². The highest BCUT2D eigenvalue weighted by Gasteiger charge is 2.32. The van der Waals surface area contributed by atoms with Crippen molar-refractivity contribution in [3.63, 3.8) is 0 Å². The van der Waals surface area contributed by atoms with Gasteiger partial charge in [0, 0.05) is 6.07 Å². The Kier molecular flexibility index (Phi) is 8.56. The van der Waals surface area contributed by atoms with E-state index in [1.54, 1.807) is 0 Å². The van der Waals surface area contributed by atoms with Crippen LogP contribution in [0.25, 0.3) is 0 Å². The number of nitrogens with zero attached hydrogens (tertiary/aromatic N) is 2. The molecule has 0 unspecified atom stereocenters. The molecule has 0 saturated heterocycles. The van der Waals surface area contributed by atoms with Crippen molar-refractivity contribution in [2.24, 2.45) is 0 Å². The minimum absolute atomic E-state index is 0.275. The molecule has 0 aliphatic carbocycles. The molecule has 0 heterocycles. The lowest BCUT2D eigenvalue weighted by atomic mass is 10.2. The van der Waals surface area contributed by atoms with E-state index in [9.17, 15) is 41.7 Å². The van der Waals surface area contributed by atoms with Crippen LogP contribution >= 0.6 is 0 Å². The second kappa shape index (κ2) is 11.5. The number of carboxylic acids is 2. The second-order valence-electron chi connectivity index (χ2n) is 7.83. The van der Waals surface area contributed by atoms with Gasteiger partial charge >= 0.3 is 11.9 Å². The van der Waals surface area contributed by atoms with E-state index in [0.29, 0.717) is 20.1 Å². The van der Waals surface area contributed by atoms with Crippen molar-refractivity contribution in [2.45, 2.75) is 9.79 Å². The molecule has 208 valence electrons. The molecule has 0 radical (unpaired) electrons. The summed E-state index contributed by atoms with van der Waals surface area (Å²) in [7, 11) is -6.24. The first-order chi connectivity index (χ1) is 18.3. The maximum atomic E-state index is 13.3. The van der Waals surface area contributed by atoms with Crippen LogP contribution in [0, 0.1) is 0 Å². The van der Waals surface area contributed by atoms with Gasteiger partial charge in [0.2, 0.25) is 0 Å². The normalized spacial score (nSPS) is 11.4. The Balaban J connectivity index is 2.09. The fourth-order valence-electron chi connectivity index (χ4n) is 3.49. The molecule has 0 amide bonds. The summed E-state index contributed by atoms with van der Waals surface area (Å²) in [5.41, 5.74) is -0.791. The summed E-state index contributed by atoms with van der Waals surface area (Å²) < 4.78 is 64.1. The predicted molar refractivity (Wildman–Crippen MR) is 138 cm³/mol. The largest absolute Gasteiger partial charge is 0.506 e. The molecule has 0 spiro atoms. The van der Waals surface area contributed by atoms with Crippen LogP contribution in [0.2, 0.25) is 0 Å². The smallest absolute Gasteiger partial charge is 0.324 e. The fraction of sp³-hybridized carbons (Fsp3) is 0.167. The third-order valence-corrected chi connectivity index (χ3v) is 8.93. The number of phenols is 1. The molecular weight excluding hydrogens is 556 g/mol. The third kappa shape index (κ3) is 6.32. The first kappa shape index (κ1) is 29.1. The van der Waals surface area contributed by atoms with Gasteiger partial charge in [-0.05, 0) is 60.7 Å².